The molecule has 9 heteroatoms. The van der Waals surface area contributed by atoms with Gasteiger partial charge in [0, 0.05) is 43.1 Å². The number of carbonyl (C=O) groups is 1. The van der Waals surface area contributed by atoms with E-state index in [0.717, 1.165) is 37.1 Å². The van der Waals surface area contributed by atoms with Crippen molar-refractivity contribution in [2.75, 3.05) is 13.1 Å². The number of hydrogen-bond acceptors (Lipinski definition) is 6. The van der Waals surface area contributed by atoms with E-state index in [1.54, 1.807) is 28.8 Å². The molecule has 37 heavy (non-hydrogen) atoms. The van der Waals surface area contributed by atoms with E-state index in [1.807, 2.05) is 41.3 Å². The van der Waals surface area contributed by atoms with Crippen molar-refractivity contribution in [1.29, 1.82) is 0 Å². The fourth-order valence-corrected chi connectivity index (χ4v) is 5.51. The minimum atomic E-state index is -0.420. The Hall–Kier alpha value is -3.98. The van der Waals surface area contributed by atoms with E-state index in [-0.39, 0.29) is 17.2 Å². The minimum absolute atomic E-state index is 0.0242. The molecule has 0 aliphatic carbocycles. The Balaban J connectivity index is 1.50. The van der Waals surface area contributed by atoms with Crippen molar-refractivity contribution in [1.82, 2.24) is 14.5 Å². The van der Waals surface area contributed by atoms with Crippen molar-refractivity contribution in [3.8, 4) is 0 Å². The summed E-state index contributed by atoms with van der Waals surface area (Å²) in [7, 11) is 0. The lowest BCUT2D eigenvalue weighted by molar-refractivity contribution is -0.384. The SMILES string of the molecule is O=C(c1ccc2c(=O)n(CCc3ccccc3)c(SCc3cccc([N+](=O)[O-])c3)nc2c1)N1CCCC1. The Morgan fingerprint density at radius 2 is 1.73 bits per heavy atom. The molecule has 1 amide bonds. The van der Waals surface area contributed by atoms with Gasteiger partial charge in [-0.1, -0.05) is 54.2 Å². The molecule has 1 aromatic heterocycles. The maximum atomic E-state index is 13.6. The second-order valence-corrected chi connectivity index (χ2v) is 9.98. The van der Waals surface area contributed by atoms with E-state index >= 15 is 0 Å². The Morgan fingerprint density at radius 1 is 0.973 bits per heavy atom. The van der Waals surface area contributed by atoms with Crippen LogP contribution in [0.4, 0.5) is 5.69 Å². The summed E-state index contributed by atoms with van der Waals surface area (Å²) in [6.07, 6.45) is 2.66. The van der Waals surface area contributed by atoms with Gasteiger partial charge in [0.25, 0.3) is 17.2 Å². The molecule has 4 aromatic rings. The first-order valence-corrected chi connectivity index (χ1v) is 13.2. The van der Waals surface area contributed by atoms with Crippen LogP contribution >= 0.6 is 11.8 Å². The normalized spacial score (nSPS) is 13.2. The second-order valence-electron chi connectivity index (χ2n) is 9.03. The van der Waals surface area contributed by atoms with Crippen LogP contribution in [-0.2, 0) is 18.7 Å². The number of aryl methyl sites for hydroxylation is 1. The summed E-state index contributed by atoms with van der Waals surface area (Å²) in [5.74, 6) is 0.373. The fraction of sp³-hybridized carbons (Fsp3) is 0.250. The molecule has 8 nitrogen and oxygen atoms in total. The second kappa shape index (κ2) is 11.0. The third-order valence-electron chi connectivity index (χ3n) is 6.52. The molecule has 188 valence electrons. The summed E-state index contributed by atoms with van der Waals surface area (Å²) in [5.41, 5.74) is 2.74. The number of hydrogen-bond donors (Lipinski definition) is 0. The van der Waals surface area contributed by atoms with Gasteiger partial charge in [-0.2, -0.15) is 0 Å². The van der Waals surface area contributed by atoms with E-state index in [1.165, 1.54) is 23.9 Å². The van der Waals surface area contributed by atoms with Gasteiger partial charge in [0.2, 0.25) is 0 Å². The number of benzene rings is 3. The largest absolute Gasteiger partial charge is 0.339 e. The smallest absolute Gasteiger partial charge is 0.269 e. The topological polar surface area (TPSA) is 98.3 Å². The zero-order valence-electron chi connectivity index (χ0n) is 20.2. The van der Waals surface area contributed by atoms with Crippen LogP contribution in [0.3, 0.4) is 0 Å². The first-order chi connectivity index (χ1) is 18.0. The molecule has 0 atom stereocenters. The summed E-state index contributed by atoms with van der Waals surface area (Å²) in [6, 6.07) is 21.5. The third kappa shape index (κ3) is 5.56. The predicted molar refractivity (Wildman–Crippen MR) is 144 cm³/mol. The summed E-state index contributed by atoms with van der Waals surface area (Å²) < 4.78 is 1.67. The lowest BCUT2D eigenvalue weighted by Gasteiger charge is -2.16. The predicted octanol–water partition coefficient (Wildman–Crippen LogP) is 5.08. The van der Waals surface area contributed by atoms with Gasteiger partial charge >= 0.3 is 0 Å². The van der Waals surface area contributed by atoms with Crippen molar-refractivity contribution in [3.63, 3.8) is 0 Å². The van der Waals surface area contributed by atoms with E-state index < -0.39 is 4.92 Å². The van der Waals surface area contributed by atoms with Crippen LogP contribution in [0, 0.1) is 10.1 Å². The van der Waals surface area contributed by atoms with Crippen LogP contribution in [0.15, 0.2) is 82.7 Å². The zero-order valence-corrected chi connectivity index (χ0v) is 21.0. The van der Waals surface area contributed by atoms with Crippen molar-refractivity contribution in [3.05, 3.63) is 110 Å². The van der Waals surface area contributed by atoms with Crippen molar-refractivity contribution in [2.45, 2.75) is 36.7 Å². The summed E-state index contributed by atoms with van der Waals surface area (Å²) in [6.45, 7) is 1.93. The molecule has 1 saturated heterocycles. The number of amides is 1. The molecule has 0 radical (unpaired) electrons. The number of aromatic nitrogens is 2. The number of rotatable bonds is 8. The van der Waals surface area contributed by atoms with E-state index in [2.05, 4.69) is 0 Å². The molecule has 1 fully saturated rings. The van der Waals surface area contributed by atoms with Gasteiger partial charge in [0.1, 0.15) is 0 Å². The molecule has 5 rings (SSSR count). The molecule has 0 N–H and O–H groups in total. The van der Waals surface area contributed by atoms with Gasteiger partial charge in [-0.15, -0.1) is 0 Å². The molecule has 1 aliphatic rings. The number of nitro benzene ring substituents is 1. The van der Waals surface area contributed by atoms with Crippen LogP contribution in [0.2, 0.25) is 0 Å². The van der Waals surface area contributed by atoms with Crippen LogP contribution < -0.4 is 5.56 Å². The Morgan fingerprint density at radius 3 is 2.49 bits per heavy atom. The van der Waals surface area contributed by atoms with Crippen molar-refractivity contribution >= 4 is 34.3 Å². The maximum Gasteiger partial charge on any atom is 0.269 e. The number of thioether (sulfide) groups is 1. The number of non-ortho nitro benzene ring substituents is 1. The van der Waals surface area contributed by atoms with Gasteiger partial charge in [-0.05, 0) is 48.6 Å². The lowest BCUT2D eigenvalue weighted by Crippen LogP contribution is -2.28. The zero-order chi connectivity index (χ0) is 25.8. The highest BCUT2D eigenvalue weighted by atomic mass is 32.2. The standard InChI is InChI=1S/C28H26N4O4S/c33-26(30-14-4-5-15-30)22-11-12-24-25(18-22)29-28(37-19-21-9-6-10-23(17-21)32(35)36)31(27(24)34)16-13-20-7-2-1-3-8-20/h1-3,6-12,17-18H,4-5,13-16,19H2. The Labute approximate surface area is 218 Å². The molecule has 0 bridgehead atoms. The van der Waals surface area contributed by atoms with Crippen LogP contribution in [-0.4, -0.2) is 38.4 Å². The van der Waals surface area contributed by atoms with Crippen molar-refractivity contribution in [2.24, 2.45) is 0 Å². The Bertz CT molecular complexity index is 1510. The number of carbonyl (C=O) groups excluding carboxylic acids is 1. The molecular formula is C28H26N4O4S. The molecule has 0 unspecified atom stereocenters. The molecule has 0 spiro atoms. The van der Waals surface area contributed by atoms with Gasteiger partial charge in [-0.3, -0.25) is 24.3 Å². The van der Waals surface area contributed by atoms with Crippen molar-refractivity contribution < 1.29 is 9.72 Å². The van der Waals surface area contributed by atoms with Gasteiger partial charge < -0.3 is 4.90 Å². The number of nitro groups is 1. The van der Waals surface area contributed by atoms with E-state index in [9.17, 15) is 19.7 Å². The minimum Gasteiger partial charge on any atom is -0.339 e. The third-order valence-corrected chi connectivity index (χ3v) is 7.56. The lowest BCUT2D eigenvalue weighted by atomic mass is 10.1. The average Bonchev–Trinajstić information content (AvgIpc) is 3.47. The maximum absolute atomic E-state index is 13.6. The average molecular weight is 515 g/mol. The summed E-state index contributed by atoms with van der Waals surface area (Å²) >= 11 is 1.36. The van der Waals surface area contributed by atoms with Gasteiger partial charge in [-0.25, -0.2) is 4.98 Å². The highest BCUT2D eigenvalue weighted by Gasteiger charge is 2.21. The molecule has 3 aromatic carbocycles. The molecular weight excluding hydrogens is 488 g/mol. The first-order valence-electron chi connectivity index (χ1n) is 12.2. The molecule has 0 saturated carbocycles. The quantitative estimate of drug-likeness (QED) is 0.141. The van der Waals surface area contributed by atoms with E-state index in [4.69, 9.17) is 4.98 Å². The summed E-state index contributed by atoms with van der Waals surface area (Å²) in [4.78, 5) is 43.9. The number of likely N-dealkylation sites (tertiary alicyclic amines) is 1. The van der Waals surface area contributed by atoms with Crippen LogP contribution in [0.1, 0.15) is 34.3 Å². The number of nitrogens with zero attached hydrogens (tertiary/aromatic N) is 4. The number of fused-ring (bicyclic) bond motifs is 1. The van der Waals surface area contributed by atoms with Gasteiger partial charge in [0.15, 0.2) is 5.16 Å². The highest BCUT2D eigenvalue weighted by molar-refractivity contribution is 7.98. The van der Waals surface area contributed by atoms with Gasteiger partial charge in [0.05, 0.1) is 15.8 Å². The molecule has 1 aliphatic heterocycles. The Kier molecular flexibility index (Phi) is 7.32. The fourth-order valence-electron chi connectivity index (χ4n) is 4.54. The summed E-state index contributed by atoms with van der Waals surface area (Å²) in [5, 5.41) is 12.2. The molecule has 2 heterocycles. The van der Waals surface area contributed by atoms with Crippen LogP contribution in [0.5, 0.6) is 0 Å². The van der Waals surface area contributed by atoms with E-state index in [0.29, 0.717) is 40.3 Å². The van der Waals surface area contributed by atoms with Crippen LogP contribution in [0.25, 0.3) is 10.9 Å². The first kappa shape index (κ1) is 24.7. The monoisotopic (exact) mass is 514 g/mol. The highest BCUT2D eigenvalue weighted by Crippen LogP contribution is 2.25.